The van der Waals surface area contributed by atoms with E-state index in [2.05, 4.69) is 19.3 Å². The lowest BCUT2D eigenvalue weighted by Gasteiger charge is -2.25. The van der Waals surface area contributed by atoms with Crippen molar-refractivity contribution in [2.45, 2.75) is 40.5 Å². The van der Waals surface area contributed by atoms with Crippen molar-refractivity contribution in [1.29, 1.82) is 0 Å². The van der Waals surface area contributed by atoms with Crippen molar-refractivity contribution in [3.8, 4) is 0 Å². The van der Waals surface area contributed by atoms with Crippen molar-refractivity contribution >= 4 is 11.6 Å². The van der Waals surface area contributed by atoms with Crippen molar-refractivity contribution in [3.05, 3.63) is 29.3 Å². The third kappa shape index (κ3) is 3.97. The molecule has 0 radical (unpaired) electrons. The third-order valence-corrected chi connectivity index (χ3v) is 3.93. The van der Waals surface area contributed by atoms with E-state index in [1.54, 1.807) is 0 Å². The number of nitrogens with one attached hydrogen (secondary N) is 1. The van der Waals surface area contributed by atoms with E-state index in [1.807, 2.05) is 36.9 Å². The average molecular weight is 277 g/mol. The molecule has 0 aliphatic heterocycles. The molecule has 1 aromatic carbocycles. The maximum absolute atomic E-state index is 12.6. The molecule has 4 nitrogen and oxygen atoms in total. The Labute approximate surface area is 122 Å². The SMILES string of the molecule is CCC(CC)CN(CC)C(=O)c1ccc(NN)c(C)c1. The summed E-state index contributed by atoms with van der Waals surface area (Å²) in [6.45, 7) is 9.91. The van der Waals surface area contributed by atoms with Crippen molar-refractivity contribution in [2.24, 2.45) is 11.8 Å². The van der Waals surface area contributed by atoms with Crippen LogP contribution in [0.2, 0.25) is 0 Å². The highest BCUT2D eigenvalue weighted by Crippen LogP contribution is 2.18. The smallest absolute Gasteiger partial charge is 0.253 e. The lowest BCUT2D eigenvalue weighted by Crippen LogP contribution is -2.35. The number of aryl methyl sites for hydroxylation is 1. The molecule has 0 saturated heterocycles. The Kier molecular flexibility index (Phi) is 6.52. The molecule has 0 aliphatic rings. The van der Waals surface area contributed by atoms with Crippen LogP contribution in [0.15, 0.2) is 18.2 Å². The zero-order valence-electron chi connectivity index (χ0n) is 13.1. The minimum atomic E-state index is 0.103. The molecular weight excluding hydrogens is 250 g/mol. The van der Waals surface area contributed by atoms with E-state index >= 15 is 0 Å². The van der Waals surface area contributed by atoms with Gasteiger partial charge in [-0.1, -0.05) is 26.7 Å². The number of benzene rings is 1. The van der Waals surface area contributed by atoms with E-state index in [4.69, 9.17) is 5.84 Å². The maximum Gasteiger partial charge on any atom is 0.253 e. The van der Waals surface area contributed by atoms with Crippen LogP contribution < -0.4 is 11.3 Å². The second-order valence-electron chi connectivity index (χ2n) is 5.20. The van der Waals surface area contributed by atoms with Crippen LogP contribution >= 0.6 is 0 Å². The average Bonchev–Trinajstić information content (AvgIpc) is 2.48. The predicted octanol–water partition coefficient (Wildman–Crippen LogP) is 3.18. The third-order valence-electron chi connectivity index (χ3n) is 3.93. The second-order valence-corrected chi connectivity index (χ2v) is 5.20. The van der Waals surface area contributed by atoms with Gasteiger partial charge in [0.05, 0.1) is 5.69 Å². The number of carbonyl (C=O) groups is 1. The molecule has 0 spiro atoms. The van der Waals surface area contributed by atoms with E-state index in [0.29, 0.717) is 5.92 Å². The monoisotopic (exact) mass is 277 g/mol. The molecule has 0 heterocycles. The van der Waals surface area contributed by atoms with E-state index in [1.165, 1.54) is 0 Å². The Morgan fingerprint density at radius 2 is 1.95 bits per heavy atom. The van der Waals surface area contributed by atoms with E-state index < -0.39 is 0 Å². The van der Waals surface area contributed by atoms with Crippen LogP contribution in [0.3, 0.4) is 0 Å². The first kappa shape index (κ1) is 16.5. The molecule has 0 unspecified atom stereocenters. The Morgan fingerprint density at radius 1 is 1.30 bits per heavy atom. The maximum atomic E-state index is 12.6. The summed E-state index contributed by atoms with van der Waals surface area (Å²) in [5.74, 6) is 6.10. The van der Waals surface area contributed by atoms with Crippen molar-refractivity contribution < 1.29 is 4.79 Å². The highest BCUT2D eigenvalue weighted by molar-refractivity contribution is 5.95. The van der Waals surface area contributed by atoms with Gasteiger partial charge in [-0.3, -0.25) is 10.6 Å². The fourth-order valence-corrected chi connectivity index (χ4v) is 2.36. The van der Waals surface area contributed by atoms with Crippen LogP contribution in [0.4, 0.5) is 5.69 Å². The Hall–Kier alpha value is -1.55. The first-order valence-electron chi connectivity index (χ1n) is 7.43. The number of anilines is 1. The Bertz CT molecular complexity index is 441. The first-order valence-corrected chi connectivity index (χ1v) is 7.43. The second kappa shape index (κ2) is 7.90. The van der Waals surface area contributed by atoms with Gasteiger partial charge in [0, 0.05) is 18.7 Å². The van der Waals surface area contributed by atoms with E-state index in [0.717, 1.165) is 42.7 Å². The number of nitrogens with two attached hydrogens (primary N) is 1. The summed E-state index contributed by atoms with van der Waals surface area (Å²) in [5.41, 5.74) is 5.20. The van der Waals surface area contributed by atoms with Crippen LogP contribution in [0.1, 0.15) is 49.5 Å². The van der Waals surface area contributed by atoms with E-state index in [9.17, 15) is 4.79 Å². The lowest BCUT2D eigenvalue weighted by molar-refractivity contribution is 0.0735. The number of hydrazine groups is 1. The van der Waals surface area contributed by atoms with Gasteiger partial charge in [0.2, 0.25) is 0 Å². The van der Waals surface area contributed by atoms with Gasteiger partial charge in [0.25, 0.3) is 5.91 Å². The Morgan fingerprint density at radius 3 is 2.40 bits per heavy atom. The van der Waals surface area contributed by atoms with Crippen LogP contribution in [-0.4, -0.2) is 23.9 Å². The minimum Gasteiger partial charge on any atom is -0.339 e. The highest BCUT2D eigenvalue weighted by Gasteiger charge is 2.17. The molecule has 0 aromatic heterocycles. The minimum absolute atomic E-state index is 0.103. The molecule has 0 bridgehead atoms. The summed E-state index contributed by atoms with van der Waals surface area (Å²) < 4.78 is 0. The van der Waals surface area contributed by atoms with Gasteiger partial charge in [0.1, 0.15) is 0 Å². The normalized spacial score (nSPS) is 10.7. The van der Waals surface area contributed by atoms with Crippen LogP contribution in [0.25, 0.3) is 0 Å². The number of rotatable bonds is 7. The number of nitrogens with zero attached hydrogens (tertiary/aromatic N) is 1. The van der Waals surface area contributed by atoms with Crippen molar-refractivity contribution in [3.63, 3.8) is 0 Å². The van der Waals surface area contributed by atoms with Gasteiger partial charge in [-0.05, 0) is 43.5 Å². The summed E-state index contributed by atoms with van der Waals surface area (Å²) >= 11 is 0. The highest BCUT2D eigenvalue weighted by atomic mass is 16.2. The molecule has 0 saturated carbocycles. The van der Waals surface area contributed by atoms with Gasteiger partial charge in [-0.25, -0.2) is 0 Å². The van der Waals surface area contributed by atoms with Crippen LogP contribution in [0, 0.1) is 12.8 Å². The number of carbonyl (C=O) groups excluding carboxylic acids is 1. The topological polar surface area (TPSA) is 58.4 Å². The van der Waals surface area contributed by atoms with Crippen LogP contribution in [0.5, 0.6) is 0 Å². The number of nitrogen functional groups attached to an aromatic ring is 1. The summed E-state index contributed by atoms with van der Waals surface area (Å²) in [6, 6.07) is 5.58. The van der Waals surface area contributed by atoms with Gasteiger partial charge in [0.15, 0.2) is 0 Å². The molecule has 0 aliphatic carbocycles. The number of hydrogen-bond acceptors (Lipinski definition) is 3. The van der Waals surface area contributed by atoms with Crippen molar-refractivity contribution in [2.75, 3.05) is 18.5 Å². The van der Waals surface area contributed by atoms with Crippen molar-refractivity contribution in [1.82, 2.24) is 4.90 Å². The first-order chi connectivity index (χ1) is 9.57. The summed E-state index contributed by atoms with van der Waals surface area (Å²) in [5, 5.41) is 0. The number of amides is 1. The fourth-order valence-electron chi connectivity index (χ4n) is 2.36. The lowest BCUT2D eigenvalue weighted by atomic mass is 10.0. The summed E-state index contributed by atoms with van der Waals surface area (Å²) in [7, 11) is 0. The molecular formula is C16H27N3O. The van der Waals surface area contributed by atoms with Gasteiger partial charge in [-0.15, -0.1) is 0 Å². The molecule has 3 N–H and O–H groups in total. The molecule has 1 amide bonds. The molecule has 0 fully saturated rings. The van der Waals surface area contributed by atoms with Gasteiger partial charge >= 0.3 is 0 Å². The molecule has 1 rings (SSSR count). The summed E-state index contributed by atoms with van der Waals surface area (Å²) in [6.07, 6.45) is 2.21. The Balaban J connectivity index is 2.88. The summed E-state index contributed by atoms with van der Waals surface area (Å²) in [4.78, 5) is 14.5. The molecule has 20 heavy (non-hydrogen) atoms. The predicted molar refractivity (Wildman–Crippen MR) is 84.6 cm³/mol. The fraction of sp³-hybridized carbons (Fsp3) is 0.562. The number of hydrogen-bond donors (Lipinski definition) is 2. The van der Waals surface area contributed by atoms with Crippen LogP contribution in [-0.2, 0) is 0 Å². The molecule has 0 atom stereocenters. The zero-order valence-corrected chi connectivity index (χ0v) is 13.1. The van der Waals surface area contributed by atoms with Gasteiger partial charge < -0.3 is 10.3 Å². The standard InChI is InChI=1S/C16H27N3O/c1-5-13(6-2)11-19(7-3)16(20)14-8-9-15(18-17)12(4)10-14/h8-10,13,18H,5-7,11,17H2,1-4H3. The van der Waals surface area contributed by atoms with E-state index in [-0.39, 0.29) is 5.91 Å². The molecule has 112 valence electrons. The molecule has 4 heteroatoms. The zero-order chi connectivity index (χ0) is 15.1. The van der Waals surface area contributed by atoms with Gasteiger partial charge in [-0.2, -0.15) is 0 Å². The quantitative estimate of drug-likeness (QED) is 0.594. The molecule has 1 aromatic rings. The largest absolute Gasteiger partial charge is 0.339 e.